The lowest BCUT2D eigenvalue weighted by molar-refractivity contribution is 0.0874. The number of hydrogen-bond donors (Lipinski definition) is 0. The summed E-state index contributed by atoms with van der Waals surface area (Å²) in [6.45, 7) is 3.90. The van der Waals surface area contributed by atoms with E-state index in [0.717, 1.165) is 12.0 Å². The molecular formula is C14H19IN2. The summed E-state index contributed by atoms with van der Waals surface area (Å²) in [5.74, 6) is 0.907. The summed E-state index contributed by atoms with van der Waals surface area (Å²) in [7, 11) is 2.26. The van der Waals surface area contributed by atoms with Crippen molar-refractivity contribution in [2.24, 2.45) is 5.92 Å². The van der Waals surface area contributed by atoms with Crippen LogP contribution in [0.5, 0.6) is 0 Å². The van der Waals surface area contributed by atoms with Gasteiger partial charge in [0.25, 0.3) is 0 Å². The smallest absolute Gasteiger partial charge is 0.0442 e. The first-order chi connectivity index (χ1) is 8.24. The maximum atomic E-state index is 2.62. The molecule has 0 aliphatic carbocycles. The Morgan fingerprint density at radius 3 is 2.35 bits per heavy atom. The first-order valence-electron chi connectivity index (χ1n) is 6.45. The van der Waals surface area contributed by atoms with Crippen LogP contribution < -0.4 is 4.90 Å². The van der Waals surface area contributed by atoms with E-state index in [-0.39, 0.29) is 0 Å². The molecule has 17 heavy (non-hydrogen) atoms. The average molecular weight is 342 g/mol. The number of nitrogens with zero attached hydrogens (tertiary/aromatic N) is 2. The van der Waals surface area contributed by atoms with Gasteiger partial charge in [0.1, 0.15) is 0 Å². The molecule has 0 saturated carbocycles. The number of likely N-dealkylation sites (N-methyl/N-ethyl adjacent to an activating group) is 1. The zero-order valence-electron chi connectivity index (χ0n) is 10.3. The monoisotopic (exact) mass is 342 g/mol. The summed E-state index contributed by atoms with van der Waals surface area (Å²) in [6.07, 6.45) is 2.78. The van der Waals surface area contributed by atoms with Crippen LogP contribution in [0.2, 0.25) is 0 Å². The van der Waals surface area contributed by atoms with Crippen molar-refractivity contribution in [2.45, 2.75) is 18.9 Å². The molecule has 92 valence electrons. The third kappa shape index (κ3) is 2.32. The average Bonchev–Trinajstić information content (AvgIpc) is 2.40. The Kier molecular flexibility index (Phi) is 3.30. The minimum absolute atomic E-state index is 0.720. The van der Waals surface area contributed by atoms with Crippen LogP contribution in [0.3, 0.4) is 0 Å². The van der Waals surface area contributed by atoms with Gasteiger partial charge in [0.15, 0.2) is 0 Å². The van der Waals surface area contributed by atoms with Crippen molar-refractivity contribution in [1.29, 1.82) is 0 Å². The summed E-state index contributed by atoms with van der Waals surface area (Å²) >= 11 is 2.37. The maximum absolute atomic E-state index is 2.62. The zero-order valence-corrected chi connectivity index (χ0v) is 12.4. The molecule has 3 fully saturated rings. The van der Waals surface area contributed by atoms with Crippen LogP contribution in [-0.2, 0) is 0 Å². The number of anilines is 1. The van der Waals surface area contributed by atoms with Crippen molar-refractivity contribution in [2.75, 3.05) is 31.6 Å². The first kappa shape index (κ1) is 11.8. The molecule has 3 heteroatoms. The second kappa shape index (κ2) is 4.76. The summed E-state index contributed by atoms with van der Waals surface area (Å²) in [5, 5.41) is 0. The van der Waals surface area contributed by atoms with Crippen molar-refractivity contribution in [3.8, 4) is 0 Å². The van der Waals surface area contributed by atoms with Crippen molar-refractivity contribution in [1.82, 2.24) is 4.90 Å². The quantitative estimate of drug-likeness (QED) is 0.763. The summed E-state index contributed by atoms with van der Waals surface area (Å²) in [4.78, 5) is 5.11. The molecule has 0 amide bonds. The zero-order chi connectivity index (χ0) is 11.8. The Morgan fingerprint density at radius 1 is 1.18 bits per heavy atom. The maximum Gasteiger partial charge on any atom is 0.0442 e. The van der Waals surface area contributed by atoms with E-state index in [1.54, 1.807) is 0 Å². The van der Waals surface area contributed by atoms with E-state index in [1.807, 2.05) is 0 Å². The number of halogens is 1. The Morgan fingerprint density at radius 2 is 1.82 bits per heavy atom. The molecule has 1 aromatic rings. The van der Waals surface area contributed by atoms with Gasteiger partial charge in [-0.1, -0.05) is 0 Å². The van der Waals surface area contributed by atoms with Crippen LogP contribution in [0.25, 0.3) is 0 Å². The van der Waals surface area contributed by atoms with E-state index in [2.05, 4.69) is 63.7 Å². The number of benzene rings is 1. The summed E-state index contributed by atoms with van der Waals surface area (Å²) in [6, 6.07) is 9.62. The van der Waals surface area contributed by atoms with Crippen LogP contribution in [0.15, 0.2) is 24.3 Å². The molecule has 4 rings (SSSR count). The molecule has 0 radical (unpaired) electrons. The second-order valence-corrected chi connectivity index (χ2v) is 6.54. The van der Waals surface area contributed by atoms with E-state index in [4.69, 9.17) is 0 Å². The molecule has 3 aliphatic rings. The largest absolute Gasteiger partial charge is 0.370 e. The van der Waals surface area contributed by atoms with Crippen LogP contribution in [0.4, 0.5) is 5.69 Å². The molecule has 3 heterocycles. The molecule has 2 nitrogen and oxygen atoms in total. The molecule has 3 saturated heterocycles. The predicted octanol–water partition coefficient (Wildman–Crippen LogP) is 2.82. The number of fused-ring (bicyclic) bond motifs is 3. The third-order valence-electron chi connectivity index (χ3n) is 4.35. The van der Waals surface area contributed by atoms with Crippen molar-refractivity contribution < 1.29 is 0 Å². The molecule has 0 aromatic heterocycles. The van der Waals surface area contributed by atoms with Gasteiger partial charge in [0.05, 0.1) is 0 Å². The Bertz CT molecular complexity index is 382. The minimum atomic E-state index is 0.720. The van der Waals surface area contributed by atoms with Crippen LogP contribution >= 0.6 is 22.6 Å². The standard InChI is InChI=1S/C14H19IN2/c1-16(13-4-2-12(15)3-5-13)14-10-17-8-6-11(14)7-9-17/h2-5,11,14H,6-10H2,1H3. The summed E-state index contributed by atoms with van der Waals surface area (Å²) in [5.41, 5.74) is 1.36. The lowest BCUT2D eigenvalue weighted by atomic mass is 9.83. The molecular weight excluding hydrogens is 323 g/mol. The van der Waals surface area contributed by atoms with E-state index in [1.165, 1.54) is 41.7 Å². The molecule has 3 aliphatic heterocycles. The highest BCUT2D eigenvalue weighted by molar-refractivity contribution is 14.1. The Balaban J connectivity index is 1.77. The molecule has 0 N–H and O–H groups in total. The highest BCUT2D eigenvalue weighted by atomic mass is 127. The van der Waals surface area contributed by atoms with Gasteiger partial charge in [0, 0.05) is 28.9 Å². The lowest BCUT2D eigenvalue weighted by Crippen LogP contribution is -2.56. The minimum Gasteiger partial charge on any atom is -0.370 e. The van der Waals surface area contributed by atoms with Gasteiger partial charge in [-0.15, -0.1) is 0 Å². The third-order valence-corrected chi connectivity index (χ3v) is 5.07. The van der Waals surface area contributed by atoms with Crippen LogP contribution in [0, 0.1) is 9.49 Å². The van der Waals surface area contributed by atoms with Gasteiger partial charge < -0.3 is 9.80 Å². The van der Waals surface area contributed by atoms with Gasteiger partial charge in [-0.3, -0.25) is 0 Å². The number of piperidine rings is 3. The Hall–Kier alpha value is -0.290. The van der Waals surface area contributed by atoms with Gasteiger partial charge in [-0.25, -0.2) is 0 Å². The van der Waals surface area contributed by atoms with E-state index >= 15 is 0 Å². The van der Waals surface area contributed by atoms with Crippen LogP contribution in [-0.4, -0.2) is 37.6 Å². The fourth-order valence-corrected chi connectivity index (χ4v) is 3.60. The van der Waals surface area contributed by atoms with Gasteiger partial charge in [0.2, 0.25) is 0 Å². The topological polar surface area (TPSA) is 6.48 Å². The van der Waals surface area contributed by atoms with Gasteiger partial charge in [-0.05, 0) is 78.7 Å². The second-order valence-electron chi connectivity index (χ2n) is 5.29. The predicted molar refractivity (Wildman–Crippen MR) is 80.5 cm³/mol. The fraction of sp³-hybridized carbons (Fsp3) is 0.571. The van der Waals surface area contributed by atoms with Crippen molar-refractivity contribution >= 4 is 28.3 Å². The molecule has 1 aromatic carbocycles. The normalized spacial score (nSPS) is 31.5. The van der Waals surface area contributed by atoms with Gasteiger partial charge >= 0.3 is 0 Å². The van der Waals surface area contributed by atoms with Gasteiger partial charge in [-0.2, -0.15) is 0 Å². The summed E-state index contributed by atoms with van der Waals surface area (Å²) < 4.78 is 1.31. The number of rotatable bonds is 2. The molecule has 1 unspecified atom stereocenters. The van der Waals surface area contributed by atoms with E-state index < -0.39 is 0 Å². The lowest BCUT2D eigenvalue weighted by Gasteiger charge is -2.48. The first-order valence-corrected chi connectivity index (χ1v) is 7.52. The molecule has 2 bridgehead atoms. The van der Waals surface area contributed by atoms with E-state index in [0.29, 0.717) is 0 Å². The highest BCUT2D eigenvalue weighted by Crippen LogP contribution is 2.32. The molecule has 0 spiro atoms. The van der Waals surface area contributed by atoms with Crippen molar-refractivity contribution in [3.63, 3.8) is 0 Å². The SMILES string of the molecule is CN(c1ccc(I)cc1)C1CN2CCC1CC2. The van der Waals surface area contributed by atoms with Crippen LogP contribution in [0.1, 0.15) is 12.8 Å². The highest BCUT2D eigenvalue weighted by Gasteiger charge is 2.36. The van der Waals surface area contributed by atoms with Crippen molar-refractivity contribution in [3.05, 3.63) is 27.8 Å². The molecule has 1 atom stereocenters. The van der Waals surface area contributed by atoms with E-state index in [9.17, 15) is 0 Å². The number of hydrogen-bond acceptors (Lipinski definition) is 2. The fourth-order valence-electron chi connectivity index (χ4n) is 3.24. The Labute approximate surface area is 117 Å².